The third kappa shape index (κ3) is 2.66. The topological polar surface area (TPSA) is 55.7 Å². The summed E-state index contributed by atoms with van der Waals surface area (Å²) in [5.41, 5.74) is 1.18. The van der Waals surface area contributed by atoms with E-state index in [4.69, 9.17) is 17.0 Å². The number of ether oxygens (including phenoxy) is 1. The number of H-pyrrole nitrogens is 1. The number of tetrazole rings is 1. The maximum atomic E-state index is 5.57. The molecule has 0 fully saturated rings. The lowest BCUT2D eigenvalue weighted by Gasteiger charge is -2.06. The molecule has 0 saturated heterocycles. The summed E-state index contributed by atoms with van der Waals surface area (Å²) in [5.74, 6) is 0.860. The van der Waals surface area contributed by atoms with Crippen molar-refractivity contribution >= 4 is 12.2 Å². The van der Waals surface area contributed by atoms with Crippen molar-refractivity contribution in [3.8, 4) is 5.75 Å². The van der Waals surface area contributed by atoms with Crippen LogP contribution in [-0.4, -0.2) is 26.8 Å². The minimum atomic E-state index is 0.438. The van der Waals surface area contributed by atoms with Gasteiger partial charge in [-0.2, -0.15) is 5.21 Å². The molecule has 0 saturated carbocycles. The van der Waals surface area contributed by atoms with Crippen molar-refractivity contribution < 1.29 is 4.74 Å². The van der Waals surface area contributed by atoms with E-state index >= 15 is 0 Å². The van der Waals surface area contributed by atoms with Gasteiger partial charge in [0, 0.05) is 0 Å². The van der Waals surface area contributed by atoms with Gasteiger partial charge in [0.1, 0.15) is 12.4 Å². The standard InChI is InChI=1S/C10H12N4OS/c1-8-3-2-4-9(7-8)15-6-5-14-10(16)11-12-13-14/h2-4,7H,5-6H2,1H3,(H,11,13,16). The van der Waals surface area contributed by atoms with Crippen LogP contribution in [0.2, 0.25) is 0 Å². The number of rotatable bonds is 4. The molecule has 1 aromatic carbocycles. The number of hydrogen-bond donors (Lipinski definition) is 1. The second kappa shape index (κ2) is 4.89. The summed E-state index contributed by atoms with van der Waals surface area (Å²) in [6, 6.07) is 7.91. The van der Waals surface area contributed by atoms with Gasteiger partial charge >= 0.3 is 0 Å². The number of hydrogen-bond acceptors (Lipinski definition) is 4. The molecule has 2 rings (SSSR count). The first kappa shape index (κ1) is 10.8. The third-order valence-corrected chi connectivity index (χ3v) is 2.41. The zero-order valence-corrected chi connectivity index (χ0v) is 9.70. The first-order valence-electron chi connectivity index (χ1n) is 4.93. The van der Waals surface area contributed by atoms with Gasteiger partial charge in [-0.25, -0.2) is 4.68 Å². The lowest BCUT2D eigenvalue weighted by atomic mass is 10.2. The molecule has 0 bridgehead atoms. The van der Waals surface area contributed by atoms with Crippen LogP contribution in [0.15, 0.2) is 24.3 Å². The number of aromatic amines is 1. The van der Waals surface area contributed by atoms with Crippen molar-refractivity contribution in [3.63, 3.8) is 0 Å². The van der Waals surface area contributed by atoms with E-state index in [1.54, 1.807) is 4.68 Å². The Morgan fingerprint density at radius 1 is 1.50 bits per heavy atom. The SMILES string of the molecule is Cc1cccc(OCCn2[nH]nnc2=S)c1. The molecule has 5 nitrogen and oxygen atoms in total. The highest BCUT2D eigenvalue weighted by molar-refractivity contribution is 7.71. The fourth-order valence-electron chi connectivity index (χ4n) is 1.32. The Balaban J connectivity index is 1.89. The molecule has 0 amide bonds. The van der Waals surface area contributed by atoms with E-state index in [9.17, 15) is 0 Å². The normalized spacial score (nSPS) is 10.3. The first-order chi connectivity index (χ1) is 7.75. The Labute approximate surface area is 98.0 Å². The Bertz CT molecular complexity index is 519. The predicted molar refractivity (Wildman–Crippen MR) is 61.9 cm³/mol. The third-order valence-electron chi connectivity index (χ3n) is 2.11. The molecule has 16 heavy (non-hydrogen) atoms. The summed E-state index contributed by atoms with van der Waals surface area (Å²) in [4.78, 5) is 0. The van der Waals surface area contributed by atoms with Gasteiger partial charge in [-0.1, -0.05) is 22.4 Å². The van der Waals surface area contributed by atoms with Crippen LogP contribution in [0.1, 0.15) is 5.56 Å². The van der Waals surface area contributed by atoms with E-state index in [1.165, 1.54) is 5.56 Å². The minimum Gasteiger partial charge on any atom is -0.492 e. The molecule has 0 spiro atoms. The summed E-state index contributed by atoms with van der Waals surface area (Å²) >= 11 is 4.94. The van der Waals surface area contributed by atoms with Crippen LogP contribution >= 0.6 is 12.2 Å². The maximum Gasteiger partial charge on any atom is 0.238 e. The largest absolute Gasteiger partial charge is 0.492 e. The van der Waals surface area contributed by atoms with Crippen LogP contribution in [0.3, 0.4) is 0 Å². The Morgan fingerprint density at radius 3 is 3.06 bits per heavy atom. The highest BCUT2D eigenvalue weighted by atomic mass is 32.1. The van der Waals surface area contributed by atoms with Gasteiger partial charge in [-0.3, -0.25) is 0 Å². The average molecular weight is 236 g/mol. The molecule has 84 valence electrons. The second-order valence-corrected chi connectivity index (χ2v) is 3.76. The van der Waals surface area contributed by atoms with Crippen molar-refractivity contribution in [2.75, 3.05) is 6.61 Å². The van der Waals surface area contributed by atoms with E-state index in [0.29, 0.717) is 17.9 Å². The van der Waals surface area contributed by atoms with Crippen molar-refractivity contribution in [2.24, 2.45) is 0 Å². The Hall–Kier alpha value is -1.69. The summed E-state index contributed by atoms with van der Waals surface area (Å²) in [7, 11) is 0. The van der Waals surface area contributed by atoms with E-state index in [-0.39, 0.29) is 0 Å². The number of nitrogens with one attached hydrogen (secondary N) is 1. The van der Waals surface area contributed by atoms with E-state index in [2.05, 4.69) is 15.5 Å². The molecule has 6 heteroatoms. The van der Waals surface area contributed by atoms with E-state index < -0.39 is 0 Å². The lowest BCUT2D eigenvalue weighted by molar-refractivity contribution is 0.288. The van der Waals surface area contributed by atoms with E-state index in [1.807, 2.05) is 31.2 Å². The van der Waals surface area contributed by atoms with Crippen LogP contribution in [0, 0.1) is 11.7 Å². The fraction of sp³-hybridized carbons (Fsp3) is 0.300. The molecule has 1 N–H and O–H groups in total. The quantitative estimate of drug-likeness (QED) is 0.821. The lowest BCUT2D eigenvalue weighted by Crippen LogP contribution is -2.09. The number of nitrogens with zero attached hydrogens (tertiary/aromatic N) is 3. The monoisotopic (exact) mass is 236 g/mol. The first-order valence-corrected chi connectivity index (χ1v) is 5.34. The maximum absolute atomic E-state index is 5.57. The molecule has 0 aliphatic heterocycles. The number of aryl methyl sites for hydroxylation is 1. The van der Waals surface area contributed by atoms with Crippen LogP contribution in [0.25, 0.3) is 0 Å². The average Bonchev–Trinajstić information content (AvgIpc) is 2.65. The Kier molecular flexibility index (Phi) is 3.31. The summed E-state index contributed by atoms with van der Waals surface area (Å²) < 4.78 is 7.67. The summed E-state index contributed by atoms with van der Waals surface area (Å²) in [6.45, 7) is 3.17. The smallest absolute Gasteiger partial charge is 0.238 e. The molecule has 0 aliphatic rings. The molecule has 1 aromatic heterocycles. The van der Waals surface area contributed by atoms with Crippen molar-refractivity contribution in [2.45, 2.75) is 13.5 Å². The Morgan fingerprint density at radius 2 is 2.38 bits per heavy atom. The molecular weight excluding hydrogens is 224 g/mol. The van der Waals surface area contributed by atoms with Gasteiger partial charge in [0.15, 0.2) is 0 Å². The van der Waals surface area contributed by atoms with Crippen LogP contribution in [-0.2, 0) is 6.54 Å². The van der Waals surface area contributed by atoms with E-state index in [0.717, 1.165) is 5.75 Å². The van der Waals surface area contributed by atoms with Gasteiger partial charge in [-0.05, 0) is 36.8 Å². The second-order valence-electron chi connectivity index (χ2n) is 3.40. The highest BCUT2D eigenvalue weighted by Crippen LogP contribution is 2.11. The molecule has 0 atom stereocenters. The zero-order valence-electron chi connectivity index (χ0n) is 8.88. The van der Waals surface area contributed by atoms with Gasteiger partial charge in [0.25, 0.3) is 0 Å². The van der Waals surface area contributed by atoms with Crippen LogP contribution in [0.5, 0.6) is 5.75 Å². The molecule has 1 heterocycles. The van der Waals surface area contributed by atoms with Crippen LogP contribution < -0.4 is 4.74 Å². The molecule has 2 aromatic rings. The van der Waals surface area contributed by atoms with Gasteiger partial charge < -0.3 is 4.74 Å². The summed E-state index contributed by atoms with van der Waals surface area (Å²) in [6.07, 6.45) is 0. The summed E-state index contributed by atoms with van der Waals surface area (Å²) in [5, 5.41) is 9.94. The van der Waals surface area contributed by atoms with Crippen molar-refractivity contribution in [1.29, 1.82) is 0 Å². The van der Waals surface area contributed by atoms with Gasteiger partial charge in [-0.15, -0.1) is 0 Å². The van der Waals surface area contributed by atoms with Crippen molar-refractivity contribution in [3.05, 3.63) is 34.6 Å². The number of benzene rings is 1. The number of aromatic nitrogens is 4. The van der Waals surface area contributed by atoms with Crippen LogP contribution in [0.4, 0.5) is 0 Å². The van der Waals surface area contributed by atoms with Crippen molar-refractivity contribution in [1.82, 2.24) is 20.2 Å². The molecule has 0 unspecified atom stereocenters. The highest BCUT2D eigenvalue weighted by Gasteiger charge is 1.97. The fourth-order valence-corrected chi connectivity index (χ4v) is 1.49. The molecule has 0 radical (unpaired) electrons. The molecular formula is C10H12N4OS. The zero-order chi connectivity index (χ0) is 11.4. The van der Waals surface area contributed by atoms with Gasteiger partial charge in [0.2, 0.25) is 4.77 Å². The minimum absolute atomic E-state index is 0.438. The van der Waals surface area contributed by atoms with Gasteiger partial charge in [0.05, 0.1) is 6.54 Å². The predicted octanol–water partition coefficient (Wildman–Crippen LogP) is 1.72. The molecule has 0 aliphatic carbocycles.